The van der Waals surface area contributed by atoms with Crippen LogP contribution >= 0.6 is 11.6 Å². The van der Waals surface area contributed by atoms with Crippen LogP contribution in [0.1, 0.15) is 28.8 Å². The first-order valence-electron chi connectivity index (χ1n) is 5.51. The Balaban J connectivity index is 2.92. The molecule has 0 aliphatic carbocycles. The molecule has 6 nitrogen and oxygen atoms in total. The van der Waals surface area contributed by atoms with Gasteiger partial charge in [-0.25, -0.2) is 0 Å². The number of aryl methyl sites for hydroxylation is 1. The molecule has 1 aromatic rings. The van der Waals surface area contributed by atoms with E-state index in [2.05, 4.69) is 0 Å². The third kappa shape index (κ3) is 4.33. The second kappa shape index (κ2) is 6.84. The second-order valence-corrected chi connectivity index (χ2v) is 4.30. The minimum absolute atomic E-state index is 0.0223. The number of hydrogen-bond donors (Lipinski definition) is 0. The van der Waals surface area contributed by atoms with Gasteiger partial charge < -0.3 is 4.74 Å². The van der Waals surface area contributed by atoms with Crippen LogP contribution in [0.5, 0.6) is 5.75 Å². The molecular formula is C12H12ClNO5. The fourth-order valence-corrected chi connectivity index (χ4v) is 1.69. The molecule has 0 atom stereocenters. The summed E-state index contributed by atoms with van der Waals surface area (Å²) in [5.74, 6) is 0.0223. The molecule has 1 rings (SSSR count). The van der Waals surface area contributed by atoms with E-state index in [-0.39, 0.29) is 30.0 Å². The van der Waals surface area contributed by atoms with Crippen LogP contribution in [0, 0.1) is 17.0 Å². The van der Waals surface area contributed by atoms with Crippen molar-refractivity contribution in [2.45, 2.75) is 19.8 Å². The Morgan fingerprint density at radius 2 is 2.21 bits per heavy atom. The molecule has 0 aromatic heterocycles. The minimum Gasteiger partial charge on any atom is -0.487 e. The molecule has 0 saturated carbocycles. The summed E-state index contributed by atoms with van der Waals surface area (Å²) in [4.78, 5) is 31.7. The van der Waals surface area contributed by atoms with Crippen molar-refractivity contribution in [3.63, 3.8) is 0 Å². The quantitative estimate of drug-likeness (QED) is 0.253. The van der Waals surface area contributed by atoms with Gasteiger partial charge in [0.1, 0.15) is 0 Å². The van der Waals surface area contributed by atoms with Crippen LogP contribution in [-0.2, 0) is 4.79 Å². The summed E-state index contributed by atoms with van der Waals surface area (Å²) in [6.07, 6.45) is 0.895. The summed E-state index contributed by atoms with van der Waals surface area (Å²) in [7, 11) is 0. The molecule has 0 aliphatic heterocycles. The van der Waals surface area contributed by atoms with Crippen molar-refractivity contribution in [3.8, 4) is 5.75 Å². The van der Waals surface area contributed by atoms with Gasteiger partial charge in [0, 0.05) is 6.42 Å². The number of nitro benzene ring substituents is 1. The zero-order chi connectivity index (χ0) is 14.4. The predicted octanol–water partition coefficient (Wildman–Crippen LogP) is 2.64. The van der Waals surface area contributed by atoms with Crippen molar-refractivity contribution >= 4 is 28.8 Å². The summed E-state index contributed by atoms with van der Waals surface area (Å²) >= 11 is 5.17. The molecule has 1 aromatic carbocycles. The van der Waals surface area contributed by atoms with Crippen LogP contribution in [0.3, 0.4) is 0 Å². The zero-order valence-corrected chi connectivity index (χ0v) is 11.0. The summed E-state index contributed by atoms with van der Waals surface area (Å²) in [5.41, 5.74) is 0.280. The summed E-state index contributed by atoms with van der Waals surface area (Å²) in [5, 5.41) is 10.5. The molecule has 0 fully saturated rings. The molecule has 0 saturated heterocycles. The lowest BCUT2D eigenvalue weighted by Gasteiger charge is -2.08. The molecule has 19 heavy (non-hydrogen) atoms. The van der Waals surface area contributed by atoms with E-state index in [9.17, 15) is 19.7 Å². The molecule has 0 spiro atoms. The third-order valence-corrected chi connectivity index (χ3v) is 2.52. The maximum atomic E-state index is 10.9. The number of halogens is 1. The predicted molar refractivity (Wildman–Crippen MR) is 68.8 cm³/mol. The zero-order valence-electron chi connectivity index (χ0n) is 10.2. The Kier molecular flexibility index (Phi) is 5.44. The van der Waals surface area contributed by atoms with Crippen molar-refractivity contribution < 1.29 is 19.2 Å². The van der Waals surface area contributed by atoms with E-state index in [0.717, 1.165) is 0 Å². The average Bonchev–Trinajstić information content (AvgIpc) is 2.33. The molecule has 0 radical (unpaired) electrons. The van der Waals surface area contributed by atoms with Crippen molar-refractivity contribution in [1.29, 1.82) is 0 Å². The van der Waals surface area contributed by atoms with Crippen LogP contribution in [0.2, 0.25) is 0 Å². The van der Waals surface area contributed by atoms with Crippen LogP contribution in [-0.4, -0.2) is 23.1 Å². The number of nitro groups is 1. The Hall–Kier alpha value is -1.95. The van der Waals surface area contributed by atoms with Crippen LogP contribution in [0.25, 0.3) is 0 Å². The van der Waals surface area contributed by atoms with Gasteiger partial charge in [0.05, 0.1) is 17.1 Å². The van der Waals surface area contributed by atoms with E-state index in [0.29, 0.717) is 18.3 Å². The van der Waals surface area contributed by atoms with E-state index in [4.69, 9.17) is 16.3 Å². The van der Waals surface area contributed by atoms with E-state index >= 15 is 0 Å². The maximum absolute atomic E-state index is 10.9. The molecule has 7 heteroatoms. The first-order chi connectivity index (χ1) is 8.95. The van der Waals surface area contributed by atoms with Crippen molar-refractivity contribution in [3.05, 3.63) is 33.4 Å². The number of hydrogen-bond acceptors (Lipinski definition) is 5. The molecule has 0 amide bonds. The number of ether oxygens (including phenoxy) is 1. The van der Waals surface area contributed by atoms with Gasteiger partial charge >= 0.3 is 5.69 Å². The van der Waals surface area contributed by atoms with Crippen LogP contribution in [0.15, 0.2) is 12.1 Å². The molecule has 0 heterocycles. The van der Waals surface area contributed by atoms with Gasteiger partial charge in [0.15, 0.2) is 12.0 Å². The van der Waals surface area contributed by atoms with Crippen molar-refractivity contribution in [2.24, 2.45) is 0 Å². The minimum atomic E-state index is -0.661. The Labute approximate surface area is 114 Å². The number of benzene rings is 1. The largest absolute Gasteiger partial charge is 0.487 e. The smallest absolute Gasteiger partial charge is 0.321 e. The molecule has 102 valence electrons. The Bertz CT molecular complexity index is 515. The van der Waals surface area contributed by atoms with Gasteiger partial charge in [-0.3, -0.25) is 19.7 Å². The van der Waals surface area contributed by atoms with E-state index in [1.54, 1.807) is 6.92 Å². The highest BCUT2D eigenvalue weighted by Gasteiger charge is 2.21. The first-order valence-corrected chi connectivity index (χ1v) is 5.89. The lowest BCUT2D eigenvalue weighted by Crippen LogP contribution is -2.04. The normalized spacial score (nSPS) is 10.0. The number of aldehydes is 1. The lowest BCUT2D eigenvalue weighted by molar-refractivity contribution is -0.386. The Morgan fingerprint density at radius 3 is 2.74 bits per heavy atom. The van der Waals surface area contributed by atoms with E-state index < -0.39 is 10.2 Å². The number of rotatable bonds is 7. The van der Waals surface area contributed by atoms with Gasteiger partial charge in [0.2, 0.25) is 5.24 Å². The fraction of sp³-hybridized carbons (Fsp3) is 0.333. The number of carbonyl (C=O) groups is 2. The first kappa shape index (κ1) is 15.1. The average molecular weight is 286 g/mol. The third-order valence-electron chi connectivity index (χ3n) is 2.33. The van der Waals surface area contributed by atoms with E-state index in [1.165, 1.54) is 12.1 Å². The topological polar surface area (TPSA) is 86.5 Å². The van der Waals surface area contributed by atoms with Crippen LogP contribution in [0.4, 0.5) is 5.69 Å². The Morgan fingerprint density at radius 1 is 1.53 bits per heavy atom. The van der Waals surface area contributed by atoms with Gasteiger partial charge in [0.25, 0.3) is 0 Å². The molecule has 0 N–H and O–H groups in total. The molecule has 0 bridgehead atoms. The standard InChI is InChI=1S/C12H12ClNO5/c1-8-5-9(7-15)12(14(17)18)10(6-8)19-4-2-3-11(13)16/h5-7H,2-4H2,1H3. The van der Waals surface area contributed by atoms with Gasteiger partial charge in [-0.1, -0.05) is 0 Å². The van der Waals surface area contributed by atoms with Crippen molar-refractivity contribution in [2.75, 3.05) is 6.61 Å². The number of carbonyl (C=O) groups excluding carboxylic acids is 2. The number of nitrogens with zero attached hydrogens (tertiary/aromatic N) is 1. The second-order valence-electron chi connectivity index (χ2n) is 3.88. The van der Waals surface area contributed by atoms with Crippen LogP contribution < -0.4 is 4.74 Å². The van der Waals surface area contributed by atoms with Crippen molar-refractivity contribution in [1.82, 2.24) is 0 Å². The summed E-state index contributed by atoms with van der Waals surface area (Å²) in [6, 6.07) is 2.90. The maximum Gasteiger partial charge on any atom is 0.321 e. The lowest BCUT2D eigenvalue weighted by atomic mass is 10.1. The summed E-state index contributed by atoms with van der Waals surface area (Å²) in [6.45, 7) is 1.81. The fourth-order valence-electron chi connectivity index (χ4n) is 1.56. The summed E-state index contributed by atoms with van der Waals surface area (Å²) < 4.78 is 5.26. The highest BCUT2D eigenvalue weighted by Crippen LogP contribution is 2.31. The van der Waals surface area contributed by atoms with Gasteiger partial charge in [-0.2, -0.15) is 0 Å². The molecular weight excluding hydrogens is 274 g/mol. The van der Waals surface area contributed by atoms with Gasteiger partial charge in [-0.05, 0) is 42.6 Å². The van der Waals surface area contributed by atoms with Gasteiger partial charge in [-0.15, -0.1) is 0 Å². The van der Waals surface area contributed by atoms with E-state index in [1.807, 2.05) is 0 Å². The SMILES string of the molecule is Cc1cc(C=O)c([N+](=O)[O-])c(OCCCC(=O)Cl)c1. The monoisotopic (exact) mass is 285 g/mol. The molecule has 0 aliphatic rings. The molecule has 0 unspecified atom stereocenters. The highest BCUT2D eigenvalue weighted by molar-refractivity contribution is 6.63. The highest BCUT2D eigenvalue weighted by atomic mass is 35.5.